The maximum absolute atomic E-state index is 2.57. The summed E-state index contributed by atoms with van der Waals surface area (Å²) in [4.78, 5) is 7.70. The third-order valence-electron chi connectivity index (χ3n) is 4.70. The molecule has 18 heavy (non-hydrogen) atoms. The summed E-state index contributed by atoms with van der Waals surface area (Å²) in [6.45, 7) is 11.5. The fourth-order valence-corrected chi connectivity index (χ4v) is 4.01. The summed E-state index contributed by atoms with van der Waals surface area (Å²) in [5.74, 6) is 0. The molecule has 0 amide bonds. The third-order valence-corrected chi connectivity index (χ3v) is 4.70. The number of nitrogens with zero attached hydrogens (tertiary/aromatic N) is 4. The molecule has 4 bridgehead atoms. The molecule has 4 heteroatoms. The zero-order chi connectivity index (χ0) is 12.3. The summed E-state index contributed by atoms with van der Waals surface area (Å²) in [5, 5.41) is 0. The van der Waals surface area contributed by atoms with Gasteiger partial charge in [0.1, 0.15) is 25.7 Å². The molecular formula is C14H21N4+. The van der Waals surface area contributed by atoms with Crippen LogP contribution in [0.5, 0.6) is 0 Å². The minimum Gasteiger partial charge on any atom is -0.253 e. The van der Waals surface area contributed by atoms with Crippen molar-refractivity contribution in [3.8, 4) is 0 Å². The van der Waals surface area contributed by atoms with E-state index in [9.17, 15) is 0 Å². The zero-order valence-electron chi connectivity index (χ0n) is 11.3. The van der Waals surface area contributed by atoms with Gasteiger partial charge in [0.25, 0.3) is 0 Å². The predicted molar refractivity (Wildman–Crippen MR) is 72.4 cm³/mol. The maximum Gasteiger partial charge on any atom is 0.143 e. The van der Waals surface area contributed by atoms with Crippen LogP contribution in [0.2, 0.25) is 0 Å². The van der Waals surface area contributed by atoms with Crippen molar-refractivity contribution in [1.82, 2.24) is 19.2 Å². The second-order valence-corrected chi connectivity index (χ2v) is 6.23. The number of rotatable bonds is 1. The second kappa shape index (κ2) is 3.54. The Labute approximate surface area is 109 Å². The van der Waals surface area contributed by atoms with E-state index in [1.165, 1.54) is 36.8 Å². The van der Waals surface area contributed by atoms with Crippen molar-refractivity contribution in [3.05, 3.63) is 29.3 Å². The molecule has 4 fully saturated rings. The average Bonchev–Trinajstić information content (AvgIpc) is 2.30. The van der Waals surface area contributed by atoms with Crippen LogP contribution in [0.1, 0.15) is 11.1 Å². The van der Waals surface area contributed by atoms with Gasteiger partial charge in [0, 0.05) is 5.56 Å². The first-order valence-corrected chi connectivity index (χ1v) is 6.76. The van der Waals surface area contributed by atoms with E-state index in [0.29, 0.717) is 0 Å². The summed E-state index contributed by atoms with van der Waals surface area (Å²) >= 11 is 0. The lowest BCUT2D eigenvalue weighted by atomic mass is 10.1. The Morgan fingerprint density at radius 3 is 2.00 bits per heavy atom. The molecule has 4 nitrogen and oxygen atoms in total. The van der Waals surface area contributed by atoms with E-state index in [4.69, 9.17) is 0 Å². The Kier molecular flexibility index (Phi) is 2.15. The fourth-order valence-electron chi connectivity index (χ4n) is 4.01. The molecule has 0 saturated carbocycles. The molecule has 4 aliphatic heterocycles. The topological polar surface area (TPSA) is 9.72 Å². The maximum atomic E-state index is 2.57. The van der Waals surface area contributed by atoms with Crippen LogP contribution in [0.3, 0.4) is 0 Å². The van der Waals surface area contributed by atoms with Crippen molar-refractivity contribution >= 4 is 5.69 Å². The summed E-state index contributed by atoms with van der Waals surface area (Å²) < 4.78 is 1.10. The minimum atomic E-state index is 1.10. The average molecular weight is 245 g/mol. The van der Waals surface area contributed by atoms with Crippen LogP contribution in [-0.4, -0.2) is 54.7 Å². The first-order valence-electron chi connectivity index (χ1n) is 6.76. The molecular weight excluding hydrogens is 224 g/mol. The van der Waals surface area contributed by atoms with Gasteiger partial charge >= 0.3 is 0 Å². The smallest absolute Gasteiger partial charge is 0.143 e. The molecule has 0 spiro atoms. The normalized spacial score (nSPS) is 41.3. The number of benzene rings is 1. The van der Waals surface area contributed by atoms with Crippen molar-refractivity contribution in [3.63, 3.8) is 0 Å². The van der Waals surface area contributed by atoms with Gasteiger partial charge < -0.3 is 0 Å². The molecule has 0 aromatic heterocycles. The highest BCUT2D eigenvalue weighted by Crippen LogP contribution is 2.37. The highest BCUT2D eigenvalue weighted by Gasteiger charge is 2.50. The van der Waals surface area contributed by atoms with Crippen LogP contribution < -0.4 is 4.48 Å². The molecule has 4 aliphatic rings. The van der Waals surface area contributed by atoms with Crippen molar-refractivity contribution in [1.29, 1.82) is 0 Å². The Morgan fingerprint density at radius 2 is 1.44 bits per heavy atom. The monoisotopic (exact) mass is 245 g/mol. The Morgan fingerprint density at radius 1 is 0.889 bits per heavy atom. The first-order chi connectivity index (χ1) is 8.66. The third kappa shape index (κ3) is 1.40. The van der Waals surface area contributed by atoms with Gasteiger partial charge in [-0.2, -0.15) is 0 Å². The lowest BCUT2D eigenvalue weighted by Crippen LogP contribution is -2.80. The van der Waals surface area contributed by atoms with E-state index in [1.807, 2.05) is 0 Å². The first kappa shape index (κ1) is 10.9. The zero-order valence-corrected chi connectivity index (χ0v) is 11.3. The van der Waals surface area contributed by atoms with Crippen LogP contribution in [-0.2, 0) is 0 Å². The highest BCUT2D eigenvalue weighted by molar-refractivity contribution is 5.53. The van der Waals surface area contributed by atoms with Crippen LogP contribution in [0.15, 0.2) is 18.2 Å². The van der Waals surface area contributed by atoms with Gasteiger partial charge in [0.05, 0.1) is 20.0 Å². The minimum absolute atomic E-state index is 1.10. The molecule has 1 aromatic carbocycles. The van der Waals surface area contributed by atoms with Gasteiger partial charge in [-0.3, -0.25) is 4.48 Å². The Hall–Kier alpha value is -0.940. The van der Waals surface area contributed by atoms with Crippen molar-refractivity contribution in [2.75, 3.05) is 40.0 Å². The summed E-state index contributed by atoms with van der Waals surface area (Å²) in [6, 6.07) is 6.78. The Bertz CT molecular complexity index is 461. The van der Waals surface area contributed by atoms with E-state index in [0.717, 1.165) is 24.5 Å². The van der Waals surface area contributed by atoms with E-state index in [-0.39, 0.29) is 0 Å². The van der Waals surface area contributed by atoms with Crippen LogP contribution in [0.25, 0.3) is 0 Å². The van der Waals surface area contributed by atoms with Crippen LogP contribution in [0, 0.1) is 13.8 Å². The van der Waals surface area contributed by atoms with E-state index in [1.54, 1.807) is 0 Å². The van der Waals surface area contributed by atoms with E-state index in [2.05, 4.69) is 46.7 Å². The quantitative estimate of drug-likeness (QED) is 0.691. The molecule has 0 unspecified atom stereocenters. The van der Waals surface area contributed by atoms with Gasteiger partial charge in [-0.1, -0.05) is 12.1 Å². The van der Waals surface area contributed by atoms with Gasteiger partial charge in [-0.15, -0.1) is 0 Å². The van der Waals surface area contributed by atoms with Crippen LogP contribution >= 0.6 is 0 Å². The SMILES string of the molecule is Cc1cccc([N+]23CN4CN(CN(C4)C2)C3)c1C. The summed E-state index contributed by atoms with van der Waals surface area (Å²) in [7, 11) is 0. The van der Waals surface area contributed by atoms with Gasteiger partial charge in [-0.05, 0) is 25.5 Å². The van der Waals surface area contributed by atoms with Gasteiger partial charge in [-0.25, -0.2) is 14.7 Å². The number of hydrogen-bond donors (Lipinski definition) is 0. The van der Waals surface area contributed by atoms with Crippen LogP contribution in [0.4, 0.5) is 5.69 Å². The van der Waals surface area contributed by atoms with E-state index >= 15 is 0 Å². The number of quaternary nitrogens is 1. The van der Waals surface area contributed by atoms with Gasteiger partial charge in [0.2, 0.25) is 0 Å². The number of hydrogen-bond acceptors (Lipinski definition) is 3. The van der Waals surface area contributed by atoms with Gasteiger partial charge in [0.15, 0.2) is 0 Å². The Balaban J connectivity index is 1.81. The molecule has 0 N–H and O–H groups in total. The van der Waals surface area contributed by atoms with E-state index < -0.39 is 0 Å². The predicted octanol–water partition coefficient (Wildman–Crippen LogP) is 1.30. The van der Waals surface area contributed by atoms with Crippen molar-refractivity contribution in [2.45, 2.75) is 13.8 Å². The summed E-state index contributed by atoms with van der Waals surface area (Å²) in [5.41, 5.74) is 4.42. The van der Waals surface area contributed by atoms with Crippen molar-refractivity contribution < 1.29 is 0 Å². The molecule has 0 atom stereocenters. The molecule has 0 radical (unpaired) electrons. The fraction of sp³-hybridized carbons (Fsp3) is 0.571. The largest absolute Gasteiger partial charge is 0.253 e. The molecule has 4 saturated heterocycles. The molecule has 1 aromatic rings. The second-order valence-electron chi connectivity index (χ2n) is 6.23. The summed E-state index contributed by atoms with van der Waals surface area (Å²) in [6.07, 6.45) is 0. The molecule has 4 heterocycles. The standard InChI is InChI=1S/C14H21N4/c1-12-4-3-5-14(13(12)2)18-9-15-6-16(10-18)8-17(7-15)11-18/h3-5H,6-11H2,1-2H3/q+1. The molecule has 5 rings (SSSR count). The highest BCUT2D eigenvalue weighted by atomic mass is 15.7. The lowest BCUT2D eigenvalue weighted by molar-refractivity contribution is -0.189. The molecule has 96 valence electrons. The lowest BCUT2D eigenvalue weighted by Gasteiger charge is -2.60. The molecule has 0 aliphatic carbocycles. The van der Waals surface area contributed by atoms with Crippen molar-refractivity contribution in [2.24, 2.45) is 0 Å². The number of aryl methyl sites for hydroxylation is 1.